The second-order valence-electron chi connectivity index (χ2n) is 4.95. The van der Waals surface area contributed by atoms with Gasteiger partial charge in [-0.05, 0) is 38.0 Å². The second kappa shape index (κ2) is 4.84. The molecule has 0 radical (unpaired) electrons. The standard InChI is InChI=1S/C16H17N3/c1-12-5-3-7-14(11-12)9-10-15-17-16-8-4-6-13(2)19(16)18-15/h3-8,11H,9-10H2,1-2H3. The van der Waals surface area contributed by atoms with Crippen LogP contribution in [0.2, 0.25) is 0 Å². The van der Waals surface area contributed by atoms with Crippen LogP contribution in [0.5, 0.6) is 0 Å². The van der Waals surface area contributed by atoms with Crippen LogP contribution in [0.1, 0.15) is 22.6 Å². The highest BCUT2D eigenvalue weighted by molar-refractivity contribution is 5.38. The number of aryl methyl sites for hydroxylation is 4. The van der Waals surface area contributed by atoms with Crippen LogP contribution >= 0.6 is 0 Å². The first-order valence-electron chi connectivity index (χ1n) is 6.59. The van der Waals surface area contributed by atoms with E-state index in [1.807, 2.05) is 29.6 Å². The van der Waals surface area contributed by atoms with Crippen molar-refractivity contribution in [2.75, 3.05) is 0 Å². The van der Waals surface area contributed by atoms with Gasteiger partial charge < -0.3 is 0 Å². The van der Waals surface area contributed by atoms with Crippen molar-refractivity contribution in [2.24, 2.45) is 0 Å². The molecule has 3 aromatic rings. The van der Waals surface area contributed by atoms with E-state index in [4.69, 9.17) is 0 Å². The van der Waals surface area contributed by atoms with Gasteiger partial charge >= 0.3 is 0 Å². The number of rotatable bonds is 3. The van der Waals surface area contributed by atoms with E-state index in [0.29, 0.717) is 0 Å². The first kappa shape index (κ1) is 11.9. The molecule has 3 heteroatoms. The van der Waals surface area contributed by atoms with Gasteiger partial charge in [0.2, 0.25) is 0 Å². The highest BCUT2D eigenvalue weighted by Crippen LogP contribution is 2.09. The number of fused-ring (bicyclic) bond motifs is 1. The molecule has 2 heterocycles. The summed E-state index contributed by atoms with van der Waals surface area (Å²) in [5, 5.41) is 4.56. The van der Waals surface area contributed by atoms with Crippen molar-refractivity contribution in [2.45, 2.75) is 26.7 Å². The number of nitrogens with zero attached hydrogens (tertiary/aromatic N) is 3. The normalized spacial score (nSPS) is 11.1. The van der Waals surface area contributed by atoms with Gasteiger partial charge in [-0.3, -0.25) is 0 Å². The summed E-state index contributed by atoms with van der Waals surface area (Å²) >= 11 is 0. The van der Waals surface area contributed by atoms with Crippen molar-refractivity contribution in [1.29, 1.82) is 0 Å². The molecule has 0 bridgehead atoms. The lowest BCUT2D eigenvalue weighted by molar-refractivity contribution is 0.823. The third kappa shape index (κ3) is 2.50. The van der Waals surface area contributed by atoms with E-state index in [1.165, 1.54) is 11.1 Å². The molecular weight excluding hydrogens is 234 g/mol. The summed E-state index contributed by atoms with van der Waals surface area (Å²) in [7, 11) is 0. The first-order chi connectivity index (χ1) is 9.22. The molecule has 3 nitrogen and oxygen atoms in total. The van der Waals surface area contributed by atoms with E-state index in [9.17, 15) is 0 Å². The monoisotopic (exact) mass is 251 g/mol. The van der Waals surface area contributed by atoms with Crippen LogP contribution < -0.4 is 0 Å². The Morgan fingerprint density at radius 3 is 2.63 bits per heavy atom. The number of hydrogen-bond acceptors (Lipinski definition) is 2. The van der Waals surface area contributed by atoms with Gasteiger partial charge in [-0.25, -0.2) is 9.50 Å². The molecule has 0 spiro atoms. The lowest BCUT2D eigenvalue weighted by Crippen LogP contribution is -1.96. The van der Waals surface area contributed by atoms with Crippen LogP contribution in [0, 0.1) is 13.8 Å². The molecule has 1 aromatic carbocycles. The van der Waals surface area contributed by atoms with Crippen LogP contribution in [0.4, 0.5) is 0 Å². The fraction of sp³-hybridized carbons (Fsp3) is 0.250. The van der Waals surface area contributed by atoms with Crippen molar-refractivity contribution in [3.63, 3.8) is 0 Å². The van der Waals surface area contributed by atoms with Crippen molar-refractivity contribution < 1.29 is 0 Å². The molecule has 3 rings (SSSR count). The third-order valence-corrected chi connectivity index (χ3v) is 3.31. The molecular formula is C16H17N3. The van der Waals surface area contributed by atoms with E-state index in [2.05, 4.69) is 41.3 Å². The van der Waals surface area contributed by atoms with Gasteiger partial charge in [-0.1, -0.05) is 35.9 Å². The summed E-state index contributed by atoms with van der Waals surface area (Å²) in [5.41, 5.74) is 4.69. The maximum Gasteiger partial charge on any atom is 0.155 e. The van der Waals surface area contributed by atoms with Crippen LogP contribution in [0.25, 0.3) is 5.65 Å². The highest BCUT2D eigenvalue weighted by Gasteiger charge is 2.05. The predicted molar refractivity (Wildman–Crippen MR) is 76.3 cm³/mol. The summed E-state index contributed by atoms with van der Waals surface area (Å²) < 4.78 is 1.91. The minimum atomic E-state index is 0.880. The molecule has 19 heavy (non-hydrogen) atoms. The molecule has 0 aliphatic carbocycles. The highest BCUT2D eigenvalue weighted by atomic mass is 15.3. The van der Waals surface area contributed by atoms with Gasteiger partial charge in [0.05, 0.1) is 0 Å². The quantitative estimate of drug-likeness (QED) is 0.716. The Hall–Kier alpha value is -2.16. The van der Waals surface area contributed by atoms with Crippen LogP contribution in [0.15, 0.2) is 42.5 Å². The Kier molecular flexibility index (Phi) is 3.03. The molecule has 0 saturated carbocycles. The zero-order valence-corrected chi connectivity index (χ0v) is 11.3. The number of pyridine rings is 1. The first-order valence-corrected chi connectivity index (χ1v) is 6.59. The van der Waals surface area contributed by atoms with Gasteiger partial charge in [0.25, 0.3) is 0 Å². The zero-order chi connectivity index (χ0) is 13.2. The smallest absolute Gasteiger partial charge is 0.155 e. The number of aromatic nitrogens is 3. The van der Waals surface area contributed by atoms with Crippen molar-refractivity contribution in [3.8, 4) is 0 Å². The molecule has 0 N–H and O–H groups in total. The van der Waals surface area contributed by atoms with Gasteiger partial charge in [0, 0.05) is 12.1 Å². The van der Waals surface area contributed by atoms with E-state index in [-0.39, 0.29) is 0 Å². The molecule has 2 aromatic heterocycles. The maximum absolute atomic E-state index is 4.56. The molecule has 0 unspecified atom stereocenters. The fourth-order valence-electron chi connectivity index (χ4n) is 2.31. The Balaban J connectivity index is 1.80. The van der Waals surface area contributed by atoms with Gasteiger partial charge in [-0.15, -0.1) is 0 Å². The summed E-state index contributed by atoms with van der Waals surface area (Å²) in [5.74, 6) is 0.913. The van der Waals surface area contributed by atoms with Crippen molar-refractivity contribution in [3.05, 3.63) is 65.1 Å². The molecule has 0 atom stereocenters. The van der Waals surface area contributed by atoms with E-state index in [0.717, 1.165) is 30.0 Å². The van der Waals surface area contributed by atoms with Gasteiger partial charge in [0.1, 0.15) is 0 Å². The topological polar surface area (TPSA) is 30.2 Å². The molecule has 0 aliphatic rings. The number of hydrogen-bond donors (Lipinski definition) is 0. The molecule has 0 fully saturated rings. The minimum Gasteiger partial charge on any atom is -0.218 e. The summed E-state index contributed by atoms with van der Waals surface area (Å²) in [4.78, 5) is 4.56. The lowest BCUT2D eigenvalue weighted by Gasteiger charge is -1.99. The van der Waals surface area contributed by atoms with Gasteiger partial charge in [-0.2, -0.15) is 5.10 Å². The minimum absolute atomic E-state index is 0.880. The van der Waals surface area contributed by atoms with E-state index < -0.39 is 0 Å². The maximum atomic E-state index is 4.56. The van der Waals surface area contributed by atoms with E-state index in [1.54, 1.807) is 0 Å². The average molecular weight is 251 g/mol. The second-order valence-corrected chi connectivity index (χ2v) is 4.95. The van der Waals surface area contributed by atoms with E-state index >= 15 is 0 Å². The zero-order valence-electron chi connectivity index (χ0n) is 11.3. The van der Waals surface area contributed by atoms with Gasteiger partial charge in [0.15, 0.2) is 11.5 Å². The van der Waals surface area contributed by atoms with Crippen molar-refractivity contribution >= 4 is 5.65 Å². The Bertz CT molecular complexity index is 713. The molecule has 0 saturated heterocycles. The Morgan fingerprint density at radius 1 is 1.00 bits per heavy atom. The van der Waals surface area contributed by atoms with Crippen LogP contribution in [-0.2, 0) is 12.8 Å². The molecule has 0 aliphatic heterocycles. The molecule has 0 amide bonds. The Labute approximate surface area is 112 Å². The number of benzene rings is 1. The lowest BCUT2D eigenvalue weighted by atomic mass is 10.1. The van der Waals surface area contributed by atoms with Crippen LogP contribution in [-0.4, -0.2) is 14.6 Å². The van der Waals surface area contributed by atoms with Crippen LogP contribution in [0.3, 0.4) is 0 Å². The summed E-state index contributed by atoms with van der Waals surface area (Å²) in [6, 6.07) is 14.7. The largest absolute Gasteiger partial charge is 0.218 e. The summed E-state index contributed by atoms with van der Waals surface area (Å²) in [6.07, 6.45) is 1.86. The predicted octanol–water partition coefficient (Wildman–Crippen LogP) is 3.13. The summed E-state index contributed by atoms with van der Waals surface area (Å²) in [6.45, 7) is 4.17. The van der Waals surface area contributed by atoms with Crippen molar-refractivity contribution in [1.82, 2.24) is 14.6 Å². The third-order valence-electron chi connectivity index (χ3n) is 3.31. The Morgan fingerprint density at radius 2 is 1.84 bits per heavy atom. The average Bonchev–Trinajstić information content (AvgIpc) is 2.81. The SMILES string of the molecule is Cc1cccc(CCc2nc3cccc(C)n3n2)c1. The fourth-order valence-corrected chi connectivity index (χ4v) is 2.31. The molecule has 96 valence electrons.